The molecule has 1 saturated carbocycles. The van der Waals surface area contributed by atoms with Crippen molar-refractivity contribution in [2.24, 2.45) is 5.92 Å². The normalized spacial score (nSPS) is 20.6. The number of hydrogen-bond donors (Lipinski definition) is 1. The minimum atomic E-state index is -0.302. The Labute approximate surface area is 85.0 Å². The van der Waals surface area contributed by atoms with E-state index >= 15 is 0 Å². The first kappa shape index (κ1) is 9.66. The van der Waals surface area contributed by atoms with E-state index in [9.17, 15) is 5.11 Å². The molecule has 0 unspecified atom stereocenters. The molecule has 1 atom stereocenters. The molecular weight excluding hydrogens is 174 g/mol. The van der Waals surface area contributed by atoms with Gasteiger partial charge in [-0.3, -0.25) is 4.98 Å². The van der Waals surface area contributed by atoms with Gasteiger partial charge in [-0.15, -0.1) is 0 Å². The molecular formula is C12H17NO. The van der Waals surface area contributed by atoms with Crippen LogP contribution in [0.4, 0.5) is 0 Å². The minimum Gasteiger partial charge on any atom is -0.388 e. The van der Waals surface area contributed by atoms with Gasteiger partial charge in [-0.05, 0) is 30.4 Å². The lowest BCUT2D eigenvalue weighted by atomic mass is 9.83. The second-order valence-corrected chi connectivity index (χ2v) is 4.13. The number of aliphatic hydroxyl groups excluding tert-OH is 1. The third-order valence-corrected chi connectivity index (χ3v) is 3.12. The number of aliphatic hydroxyl groups is 1. The molecule has 1 aliphatic carbocycles. The molecule has 2 heteroatoms. The minimum absolute atomic E-state index is 0.302. The molecule has 0 aliphatic heterocycles. The lowest BCUT2D eigenvalue weighted by Gasteiger charge is -2.26. The van der Waals surface area contributed by atoms with Crippen molar-refractivity contribution in [3.63, 3.8) is 0 Å². The van der Waals surface area contributed by atoms with E-state index in [1.165, 1.54) is 19.3 Å². The van der Waals surface area contributed by atoms with Gasteiger partial charge in [0.1, 0.15) is 0 Å². The second kappa shape index (κ2) is 4.56. The fourth-order valence-electron chi connectivity index (χ4n) is 2.27. The van der Waals surface area contributed by atoms with E-state index < -0.39 is 0 Å². The predicted octanol–water partition coefficient (Wildman–Crippen LogP) is 2.70. The standard InChI is InChI=1S/C12H17NO/c14-12(10-5-2-1-3-6-10)11-7-4-8-13-9-11/h4,7-10,12,14H,1-3,5-6H2/t12-/m1/s1. The van der Waals surface area contributed by atoms with Crippen molar-refractivity contribution in [3.8, 4) is 0 Å². The summed E-state index contributed by atoms with van der Waals surface area (Å²) in [7, 11) is 0. The van der Waals surface area contributed by atoms with Crippen LogP contribution in [0.1, 0.15) is 43.8 Å². The maximum absolute atomic E-state index is 10.1. The van der Waals surface area contributed by atoms with E-state index in [2.05, 4.69) is 4.98 Å². The quantitative estimate of drug-likeness (QED) is 0.779. The first-order valence-electron chi connectivity index (χ1n) is 5.46. The van der Waals surface area contributed by atoms with Crippen LogP contribution in [0.25, 0.3) is 0 Å². The van der Waals surface area contributed by atoms with E-state index in [1.54, 1.807) is 12.4 Å². The van der Waals surface area contributed by atoms with Crippen LogP contribution in [0.2, 0.25) is 0 Å². The average molecular weight is 191 g/mol. The Morgan fingerprint density at radius 3 is 2.71 bits per heavy atom. The number of aromatic nitrogens is 1. The van der Waals surface area contributed by atoms with Crippen molar-refractivity contribution >= 4 is 0 Å². The predicted molar refractivity (Wildman–Crippen MR) is 55.8 cm³/mol. The molecule has 2 nitrogen and oxygen atoms in total. The van der Waals surface area contributed by atoms with Gasteiger partial charge >= 0.3 is 0 Å². The third-order valence-electron chi connectivity index (χ3n) is 3.12. The second-order valence-electron chi connectivity index (χ2n) is 4.13. The molecule has 76 valence electrons. The van der Waals surface area contributed by atoms with Crippen LogP contribution in [0.5, 0.6) is 0 Å². The lowest BCUT2D eigenvalue weighted by molar-refractivity contribution is 0.0845. The zero-order valence-electron chi connectivity index (χ0n) is 8.39. The van der Waals surface area contributed by atoms with Crippen molar-refractivity contribution in [1.29, 1.82) is 0 Å². The molecule has 1 aromatic rings. The van der Waals surface area contributed by atoms with Crippen molar-refractivity contribution in [2.45, 2.75) is 38.2 Å². The molecule has 0 radical (unpaired) electrons. The van der Waals surface area contributed by atoms with Gasteiger partial charge in [-0.25, -0.2) is 0 Å². The molecule has 0 aromatic carbocycles. The molecule has 0 bridgehead atoms. The summed E-state index contributed by atoms with van der Waals surface area (Å²) in [6, 6.07) is 3.85. The van der Waals surface area contributed by atoms with Crippen LogP contribution in [-0.4, -0.2) is 10.1 Å². The monoisotopic (exact) mass is 191 g/mol. The summed E-state index contributed by atoms with van der Waals surface area (Å²) >= 11 is 0. The van der Waals surface area contributed by atoms with E-state index in [-0.39, 0.29) is 6.10 Å². The van der Waals surface area contributed by atoms with Gasteiger partial charge in [-0.2, -0.15) is 0 Å². The van der Waals surface area contributed by atoms with Crippen LogP contribution in [0.15, 0.2) is 24.5 Å². The van der Waals surface area contributed by atoms with Gasteiger partial charge in [0.2, 0.25) is 0 Å². The van der Waals surface area contributed by atoms with Crippen LogP contribution >= 0.6 is 0 Å². The van der Waals surface area contributed by atoms with Crippen LogP contribution in [0.3, 0.4) is 0 Å². The van der Waals surface area contributed by atoms with Crippen LogP contribution < -0.4 is 0 Å². The summed E-state index contributed by atoms with van der Waals surface area (Å²) in [6.07, 6.45) is 9.41. The lowest BCUT2D eigenvalue weighted by Crippen LogP contribution is -2.15. The molecule has 1 N–H and O–H groups in total. The summed E-state index contributed by atoms with van der Waals surface area (Å²) in [5, 5.41) is 10.1. The van der Waals surface area contributed by atoms with Crippen molar-refractivity contribution in [3.05, 3.63) is 30.1 Å². The molecule has 2 rings (SSSR count). The Kier molecular flexibility index (Phi) is 3.14. The number of nitrogens with zero attached hydrogens (tertiary/aromatic N) is 1. The first-order chi connectivity index (χ1) is 6.88. The summed E-state index contributed by atoms with van der Waals surface area (Å²) in [4.78, 5) is 4.04. The maximum atomic E-state index is 10.1. The van der Waals surface area contributed by atoms with Crippen molar-refractivity contribution < 1.29 is 5.11 Å². The van der Waals surface area contributed by atoms with Crippen molar-refractivity contribution in [1.82, 2.24) is 4.98 Å². The summed E-state index contributed by atoms with van der Waals surface area (Å²) < 4.78 is 0. The van der Waals surface area contributed by atoms with Gasteiger partial charge < -0.3 is 5.11 Å². The molecule has 1 fully saturated rings. The average Bonchev–Trinajstić information content (AvgIpc) is 2.30. The van der Waals surface area contributed by atoms with E-state index in [0.29, 0.717) is 5.92 Å². The SMILES string of the molecule is O[C@@H](c1cccnc1)C1CCCCC1. The number of hydrogen-bond acceptors (Lipinski definition) is 2. The van der Waals surface area contributed by atoms with Gasteiger partial charge in [0.15, 0.2) is 0 Å². The highest BCUT2D eigenvalue weighted by molar-refractivity contribution is 5.12. The Bertz CT molecular complexity index is 267. The Morgan fingerprint density at radius 2 is 2.07 bits per heavy atom. The molecule has 0 saturated heterocycles. The van der Waals surface area contributed by atoms with Crippen LogP contribution in [0, 0.1) is 5.92 Å². The smallest absolute Gasteiger partial charge is 0.0833 e. The molecule has 0 spiro atoms. The van der Waals surface area contributed by atoms with E-state index in [0.717, 1.165) is 18.4 Å². The molecule has 1 aliphatic rings. The fraction of sp³-hybridized carbons (Fsp3) is 0.583. The zero-order valence-corrected chi connectivity index (χ0v) is 8.39. The maximum Gasteiger partial charge on any atom is 0.0833 e. The molecule has 14 heavy (non-hydrogen) atoms. The van der Waals surface area contributed by atoms with Gasteiger partial charge in [0, 0.05) is 12.4 Å². The topological polar surface area (TPSA) is 33.1 Å². The molecule has 1 aromatic heterocycles. The Balaban J connectivity index is 2.03. The Morgan fingerprint density at radius 1 is 1.29 bits per heavy atom. The van der Waals surface area contributed by atoms with Crippen LogP contribution in [-0.2, 0) is 0 Å². The summed E-state index contributed by atoms with van der Waals surface area (Å²) in [5.74, 6) is 0.452. The Hall–Kier alpha value is -0.890. The fourth-order valence-corrected chi connectivity index (χ4v) is 2.27. The number of rotatable bonds is 2. The van der Waals surface area contributed by atoms with Crippen molar-refractivity contribution in [2.75, 3.05) is 0 Å². The van der Waals surface area contributed by atoms with Gasteiger partial charge in [0.05, 0.1) is 6.10 Å². The zero-order chi connectivity index (χ0) is 9.80. The summed E-state index contributed by atoms with van der Waals surface area (Å²) in [5.41, 5.74) is 0.972. The number of pyridine rings is 1. The third kappa shape index (κ3) is 2.13. The molecule has 1 heterocycles. The van der Waals surface area contributed by atoms with E-state index in [1.807, 2.05) is 12.1 Å². The van der Waals surface area contributed by atoms with E-state index in [4.69, 9.17) is 0 Å². The highest BCUT2D eigenvalue weighted by Crippen LogP contribution is 2.33. The highest BCUT2D eigenvalue weighted by atomic mass is 16.3. The highest BCUT2D eigenvalue weighted by Gasteiger charge is 2.22. The van der Waals surface area contributed by atoms with Gasteiger partial charge in [0.25, 0.3) is 0 Å². The first-order valence-corrected chi connectivity index (χ1v) is 5.46. The largest absolute Gasteiger partial charge is 0.388 e. The van der Waals surface area contributed by atoms with Gasteiger partial charge in [-0.1, -0.05) is 25.3 Å². The summed E-state index contributed by atoms with van der Waals surface area (Å²) in [6.45, 7) is 0. The molecule has 0 amide bonds.